The maximum absolute atomic E-state index is 6.71. The van der Waals surface area contributed by atoms with E-state index < -0.39 is 30.2 Å². The monoisotopic (exact) mass is 580 g/mol. The van der Waals surface area contributed by atoms with Crippen LogP contribution in [0.5, 0.6) is 0 Å². The Balaban J connectivity index is 1.45. The minimum atomic E-state index is -1.30. The van der Waals surface area contributed by atoms with Gasteiger partial charge < -0.3 is 28.4 Å². The van der Waals surface area contributed by atoms with Gasteiger partial charge in [-0.05, 0) is 28.3 Å². The highest BCUT2D eigenvalue weighted by atomic mass is 16.7. The Morgan fingerprint density at radius 1 is 0.605 bits per heavy atom. The Labute approximate surface area is 254 Å². The summed E-state index contributed by atoms with van der Waals surface area (Å²) in [5.74, 6) is -1.30. The second kappa shape index (κ2) is 15.7. The van der Waals surface area contributed by atoms with Crippen molar-refractivity contribution in [1.29, 1.82) is 0 Å². The highest BCUT2D eigenvalue weighted by molar-refractivity contribution is 5.17. The van der Waals surface area contributed by atoms with Gasteiger partial charge in [-0.2, -0.15) is 0 Å². The molecule has 0 amide bonds. The van der Waals surface area contributed by atoms with E-state index in [9.17, 15) is 0 Å². The lowest BCUT2D eigenvalue weighted by atomic mass is 9.91. The molecule has 0 radical (unpaired) electrons. The second-order valence-electron chi connectivity index (χ2n) is 10.5. The first-order valence-electron chi connectivity index (χ1n) is 14.7. The zero-order valence-corrected chi connectivity index (χ0v) is 24.6. The Morgan fingerprint density at radius 3 is 1.47 bits per heavy atom. The van der Waals surface area contributed by atoms with E-state index in [1.165, 1.54) is 0 Å². The molecule has 4 aromatic carbocycles. The van der Waals surface area contributed by atoms with E-state index in [-0.39, 0.29) is 6.61 Å². The number of hydrogen-bond donors (Lipinski definition) is 0. The molecule has 1 fully saturated rings. The van der Waals surface area contributed by atoms with Crippen molar-refractivity contribution in [2.75, 3.05) is 13.7 Å². The van der Waals surface area contributed by atoms with Gasteiger partial charge in [-0.3, -0.25) is 0 Å². The molecule has 0 unspecified atom stereocenters. The third-order valence-corrected chi connectivity index (χ3v) is 7.56. The van der Waals surface area contributed by atoms with Crippen LogP contribution < -0.4 is 0 Å². The van der Waals surface area contributed by atoms with Crippen LogP contribution in [0.2, 0.25) is 0 Å². The molecule has 6 heteroatoms. The van der Waals surface area contributed by atoms with Crippen LogP contribution in [0.15, 0.2) is 134 Å². The third kappa shape index (κ3) is 8.27. The van der Waals surface area contributed by atoms with Crippen LogP contribution in [0.4, 0.5) is 0 Å². The predicted octanol–water partition coefficient (Wildman–Crippen LogP) is 6.89. The maximum Gasteiger partial charge on any atom is 0.217 e. The average molecular weight is 581 g/mol. The lowest BCUT2D eigenvalue weighted by Gasteiger charge is -2.50. The Hall–Kier alpha value is -3.62. The number of benzene rings is 4. The molecule has 0 aromatic heterocycles. The maximum atomic E-state index is 6.71. The molecule has 5 atom stereocenters. The van der Waals surface area contributed by atoms with Crippen LogP contribution in [0.25, 0.3) is 0 Å². The topological polar surface area (TPSA) is 55.4 Å². The van der Waals surface area contributed by atoms with Gasteiger partial charge in [0.1, 0.15) is 24.4 Å². The molecule has 43 heavy (non-hydrogen) atoms. The van der Waals surface area contributed by atoms with Crippen molar-refractivity contribution in [3.8, 4) is 0 Å². The molecular weight excluding hydrogens is 540 g/mol. The number of hydrogen-bond acceptors (Lipinski definition) is 6. The van der Waals surface area contributed by atoms with Crippen molar-refractivity contribution >= 4 is 0 Å². The van der Waals surface area contributed by atoms with E-state index in [0.717, 1.165) is 22.3 Å². The van der Waals surface area contributed by atoms with Crippen LogP contribution in [0.3, 0.4) is 0 Å². The molecule has 1 heterocycles. The summed E-state index contributed by atoms with van der Waals surface area (Å²) in [5.41, 5.74) is 4.18. The Bertz CT molecular complexity index is 1350. The molecule has 1 aliphatic rings. The fourth-order valence-corrected chi connectivity index (χ4v) is 5.28. The normalized spacial score (nSPS) is 23.6. The fourth-order valence-electron chi connectivity index (χ4n) is 5.28. The Morgan fingerprint density at radius 2 is 1.02 bits per heavy atom. The first-order chi connectivity index (χ1) is 21.2. The van der Waals surface area contributed by atoms with Gasteiger partial charge in [-0.1, -0.05) is 128 Å². The minimum absolute atomic E-state index is 0.254. The standard InChI is InChI=1S/C37H40O6/c1-3-37(38-2)36(42-27-32-22-14-7-15-23-32)35(41-26-31-20-12-6-13-21-31)34(40-25-30-18-10-5-11-19-30)33(43-37)28-39-24-29-16-8-4-9-17-29/h3-23,33-36H,1,24-28H2,2H3/t33-,34+,35+,36-,37+/m1/s1. The quantitative estimate of drug-likeness (QED) is 0.143. The molecule has 0 saturated carbocycles. The van der Waals surface area contributed by atoms with Gasteiger partial charge in [0.15, 0.2) is 0 Å². The smallest absolute Gasteiger partial charge is 0.217 e. The van der Waals surface area contributed by atoms with Gasteiger partial charge in [-0.15, -0.1) is 0 Å². The van der Waals surface area contributed by atoms with Crippen LogP contribution in [0, 0.1) is 0 Å². The van der Waals surface area contributed by atoms with E-state index in [4.69, 9.17) is 28.4 Å². The summed E-state index contributed by atoms with van der Waals surface area (Å²) in [5, 5.41) is 0. The molecule has 0 N–H and O–H groups in total. The summed E-state index contributed by atoms with van der Waals surface area (Å²) in [7, 11) is 1.60. The number of rotatable bonds is 15. The number of ether oxygens (including phenoxy) is 6. The van der Waals surface area contributed by atoms with Gasteiger partial charge in [0, 0.05) is 7.11 Å². The SMILES string of the molecule is C=C[C@]1(OC)O[C@H](COCc2ccccc2)[C@H](OCc2ccccc2)[C@H](OCc2ccccc2)[C@H]1OCc1ccccc1. The van der Waals surface area contributed by atoms with Crippen molar-refractivity contribution in [3.63, 3.8) is 0 Å². The zero-order chi connectivity index (χ0) is 29.7. The van der Waals surface area contributed by atoms with Gasteiger partial charge in [0.2, 0.25) is 5.79 Å². The molecule has 0 aliphatic carbocycles. The average Bonchev–Trinajstić information content (AvgIpc) is 3.07. The molecule has 0 bridgehead atoms. The van der Waals surface area contributed by atoms with Crippen molar-refractivity contribution in [1.82, 2.24) is 0 Å². The molecular formula is C37H40O6. The predicted molar refractivity (Wildman–Crippen MR) is 166 cm³/mol. The summed E-state index contributed by atoms with van der Waals surface area (Å²) in [6.45, 7) is 5.85. The molecule has 0 spiro atoms. The van der Waals surface area contributed by atoms with Crippen molar-refractivity contribution in [2.24, 2.45) is 0 Å². The van der Waals surface area contributed by atoms with Crippen molar-refractivity contribution in [3.05, 3.63) is 156 Å². The largest absolute Gasteiger partial charge is 0.374 e. The first kappa shape index (κ1) is 30.8. The minimum Gasteiger partial charge on any atom is -0.374 e. The van der Waals surface area contributed by atoms with Crippen LogP contribution in [-0.2, 0) is 54.8 Å². The molecule has 4 aromatic rings. The fraction of sp³-hybridized carbons (Fsp3) is 0.297. The van der Waals surface area contributed by atoms with Gasteiger partial charge in [0.25, 0.3) is 0 Å². The van der Waals surface area contributed by atoms with Crippen LogP contribution >= 0.6 is 0 Å². The van der Waals surface area contributed by atoms with E-state index >= 15 is 0 Å². The van der Waals surface area contributed by atoms with E-state index in [2.05, 4.69) is 6.58 Å². The van der Waals surface area contributed by atoms with Gasteiger partial charge >= 0.3 is 0 Å². The highest BCUT2D eigenvalue weighted by Crippen LogP contribution is 2.38. The first-order valence-corrected chi connectivity index (χ1v) is 14.7. The van der Waals surface area contributed by atoms with Gasteiger partial charge in [-0.25, -0.2) is 0 Å². The van der Waals surface area contributed by atoms with Crippen LogP contribution in [-0.4, -0.2) is 43.9 Å². The van der Waals surface area contributed by atoms with E-state index in [1.54, 1.807) is 13.2 Å². The van der Waals surface area contributed by atoms with E-state index in [1.807, 2.05) is 121 Å². The second-order valence-corrected chi connectivity index (χ2v) is 10.5. The lowest BCUT2D eigenvalue weighted by molar-refractivity contribution is -0.358. The summed E-state index contributed by atoms with van der Waals surface area (Å²) in [4.78, 5) is 0. The summed E-state index contributed by atoms with van der Waals surface area (Å²) < 4.78 is 38.9. The molecule has 6 nitrogen and oxygen atoms in total. The number of methoxy groups -OCH3 is 1. The third-order valence-electron chi connectivity index (χ3n) is 7.56. The van der Waals surface area contributed by atoms with Crippen LogP contribution in [0.1, 0.15) is 22.3 Å². The summed E-state index contributed by atoms with van der Waals surface area (Å²) in [6.07, 6.45) is -0.694. The molecule has 224 valence electrons. The molecule has 1 saturated heterocycles. The molecule has 5 rings (SSSR count). The lowest BCUT2D eigenvalue weighted by Crippen LogP contribution is -2.67. The Kier molecular flexibility index (Phi) is 11.3. The van der Waals surface area contributed by atoms with E-state index in [0.29, 0.717) is 26.4 Å². The summed E-state index contributed by atoms with van der Waals surface area (Å²) in [6, 6.07) is 40.2. The van der Waals surface area contributed by atoms with Crippen molar-refractivity contribution < 1.29 is 28.4 Å². The highest BCUT2D eigenvalue weighted by Gasteiger charge is 2.56. The zero-order valence-electron chi connectivity index (χ0n) is 24.6. The molecule has 1 aliphatic heterocycles. The summed E-state index contributed by atoms with van der Waals surface area (Å²) >= 11 is 0. The van der Waals surface area contributed by atoms with Crippen molar-refractivity contribution in [2.45, 2.75) is 56.6 Å². The van der Waals surface area contributed by atoms with Gasteiger partial charge in [0.05, 0.1) is 33.0 Å².